The van der Waals surface area contributed by atoms with E-state index in [0.717, 1.165) is 35.2 Å². The van der Waals surface area contributed by atoms with Crippen LogP contribution in [0.4, 0.5) is 23.1 Å². The van der Waals surface area contributed by atoms with Crippen molar-refractivity contribution in [2.45, 2.75) is 44.2 Å². The Kier molecular flexibility index (Phi) is 6.85. The summed E-state index contributed by atoms with van der Waals surface area (Å²) in [4.78, 5) is 24.2. The van der Waals surface area contributed by atoms with Crippen LogP contribution in [0.1, 0.15) is 32.9 Å². The van der Waals surface area contributed by atoms with E-state index in [0.29, 0.717) is 29.9 Å². The number of nitrogens with zero attached hydrogens (tertiary/aromatic N) is 4. The number of rotatable bonds is 7. The molecule has 3 heterocycles. The van der Waals surface area contributed by atoms with E-state index >= 15 is 0 Å². The third-order valence-electron chi connectivity index (χ3n) is 5.01. The summed E-state index contributed by atoms with van der Waals surface area (Å²) in [6, 6.07) is 11.5. The van der Waals surface area contributed by atoms with Gasteiger partial charge in [0.15, 0.2) is 11.0 Å². The van der Waals surface area contributed by atoms with Gasteiger partial charge in [-0.05, 0) is 43.0 Å². The first kappa shape index (κ1) is 23.1. The fourth-order valence-corrected chi connectivity index (χ4v) is 4.21. The van der Waals surface area contributed by atoms with Gasteiger partial charge in [0, 0.05) is 46.8 Å². The molecule has 0 bridgehead atoms. The highest BCUT2D eigenvalue weighted by atomic mass is 32.2. The van der Waals surface area contributed by atoms with Crippen molar-refractivity contribution in [3.05, 3.63) is 42.1 Å². The van der Waals surface area contributed by atoms with E-state index in [4.69, 9.17) is 14.7 Å². The molecule has 1 saturated heterocycles. The highest BCUT2D eigenvalue weighted by Gasteiger charge is 2.28. The van der Waals surface area contributed by atoms with E-state index in [1.54, 1.807) is 0 Å². The van der Waals surface area contributed by atoms with Gasteiger partial charge in [0.05, 0.1) is 6.61 Å². The van der Waals surface area contributed by atoms with Gasteiger partial charge < -0.3 is 20.3 Å². The minimum atomic E-state index is -0.0116. The van der Waals surface area contributed by atoms with E-state index in [-0.39, 0.29) is 11.3 Å². The fourth-order valence-electron chi connectivity index (χ4n) is 3.45. The number of anilines is 4. The number of nitrogens with one attached hydrogen (secondary N) is 3. The average molecular weight is 468 g/mol. The maximum atomic E-state index is 11.6. The Bertz CT molecular complexity index is 1110. The van der Waals surface area contributed by atoms with Gasteiger partial charge in [0.1, 0.15) is 18.4 Å². The quantitative estimate of drug-likeness (QED) is 0.434. The van der Waals surface area contributed by atoms with Crippen molar-refractivity contribution in [2.75, 3.05) is 35.4 Å². The molecular formula is C23H29N7O2S. The summed E-state index contributed by atoms with van der Waals surface area (Å²) < 4.78 is 5.81. The third-order valence-corrected chi connectivity index (χ3v) is 5.88. The second kappa shape index (κ2) is 9.80. The largest absolute Gasteiger partial charge is 0.360 e. The third kappa shape index (κ3) is 6.23. The summed E-state index contributed by atoms with van der Waals surface area (Å²) >= 11 is 1.46. The van der Waals surface area contributed by atoms with Crippen LogP contribution in [0.3, 0.4) is 0 Å². The summed E-state index contributed by atoms with van der Waals surface area (Å²) in [5, 5.41) is 13.9. The molecule has 0 unspecified atom stereocenters. The second-order valence-electron chi connectivity index (χ2n) is 8.82. The first-order chi connectivity index (χ1) is 15.8. The van der Waals surface area contributed by atoms with Crippen LogP contribution in [0.2, 0.25) is 0 Å². The lowest BCUT2D eigenvalue weighted by Gasteiger charge is -2.38. The molecule has 1 aliphatic rings. The molecule has 0 aliphatic carbocycles. The first-order valence-electron chi connectivity index (χ1n) is 10.9. The van der Waals surface area contributed by atoms with E-state index in [1.165, 1.54) is 11.8 Å². The smallest absolute Gasteiger partial charge is 0.224 e. The number of ether oxygens (including phenoxy) is 1. The number of carbonyl (C=O) groups is 1. The molecule has 9 nitrogen and oxygen atoms in total. The van der Waals surface area contributed by atoms with Crippen molar-refractivity contribution < 1.29 is 9.53 Å². The van der Waals surface area contributed by atoms with Crippen LogP contribution in [-0.4, -0.2) is 46.0 Å². The number of aryl methyl sites for hydroxylation is 1. The topological polar surface area (TPSA) is 108 Å². The van der Waals surface area contributed by atoms with Crippen molar-refractivity contribution in [1.29, 1.82) is 0 Å². The lowest BCUT2D eigenvalue weighted by Crippen LogP contribution is -2.44. The molecule has 1 fully saturated rings. The predicted molar refractivity (Wildman–Crippen MR) is 130 cm³/mol. The molecule has 1 aromatic carbocycles. The Morgan fingerprint density at radius 1 is 1.21 bits per heavy atom. The van der Waals surface area contributed by atoms with Crippen LogP contribution in [0.25, 0.3) is 0 Å². The van der Waals surface area contributed by atoms with E-state index in [2.05, 4.69) is 39.6 Å². The van der Waals surface area contributed by atoms with Gasteiger partial charge in [-0.15, -0.1) is 0 Å². The number of benzene rings is 1. The molecule has 3 N–H and O–H groups in total. The van der Waals surface area contributed by atoms with Gasteiger partial charge >= 0.3 is 0 Å². The molecule has 10 heteroatoms. The number of aromatic nitrogens is 4. The molecule has 1 aliphatic heterocycles. The molecule has 33 heavy (non-hydrogen) atoms. The van der Waals surface area contributed by atoms with Crippen LogP contribution >= 0.6 is 11.8 Å². The molecule has 2 aromatic heterocycles. The van der Waals surface area contributed by atoms with Gasteiger partial charge in [0.25, 0.3) is 0 Å². The number of hydrogen-bond acceptors (Lipinski definition) is 8. The van der Waals surface area contributed by atoms with Crippen LogP contribution < -0.4 is 15.5 Å². The highest BCUT2D eigenvalue weighted by molar-refractivity contribution is 7.99. The Balaban J connectivity index is 1.59. The normalized spacial score (nSPS) is 15.3. The first-order valence-corrected chi connectivity index (χ1v) is 11.7. The summed E-state index contributed by atoms with van der Waals surface area (Å²) in [7, 11) is 0. The Hall–Kier alpha value is -3.11. The van der Waals surface area contributed by atoms with E-state index < -0.39 is 0 Å². The zero-order valence-corrected chi connectivity index (χ0v) is 20.1. The number of H-pyrrole nitrogens is 1. The van der Waals surface area contributed by atoms with Crippen LogP contribution in [0.15, 0.2) is 46.5 Å². The Morgan fingerprint density at radius 3 is 2.67 bits per heavy atom. The minimum Gasteiger partial charge on any atom is -0.360 e. The standard InChI is InChI=1S/C23H29N7O2S/c1-5-21(31)24-16-6-8-17(9-7-16)33-22-26-18(25-19-10-15(2)28-29-19)11-20(27-22)30-12-23(3,4)13-32-14-30/h6-11H,5,12-14H2,1-4H3,(H,24,31)(H2,25,26,27,28,29). The van der Waals surface area contributed by atoms with E-state index in [9.17, 15) is 4.79 Å². The SMILES string of the molecule is CCC(=O)Nc1ccc(Sc2nc(Nc3cc(C)[nH]n3)cc(N3COCC(C)(C)C3)n2)cc1. The lowest BCUT2D eigenvalue weighted by atomic mass is 9.93. The second-order valence-corrected chi connectivity index (χ2v) is 9.86. The molecule has 1 amide bonds. The molecule has 0 atom stereocenters. The molecule has 3 aromatic rings. The zero-order valence-electron chi connectivity index (χ0n) is 19.3. The zero-order chi connectivity index (χ0) is 23.4. The number of amides is 1. The van der Waals surface area contributed by atoms with Crippen LogP contribution in [0, 0.1) is 12.3 Å². The van der Waals surface area contributed by atoms with Crippen molar-refractivity contribution >= 4 is 40.8 Å². The van der Waals surface area contributed by atoms with Gasteiger partial charge in [-0.2, -0.15) is 5.10 Å². The summed E-state index contributed by atoms with van der Waals surface area (Å²) in [5.74, 6) is 2.13. The van der Waals surface area contributed by atoms with Crippen LogP contribution in [-0.2, 0) is 9.53 Å². The molecular weight excluding hydrogens is 438 g/mol. The molecule has 174 valence electrons. The van der Waals surface area contributed by atoms with Crippen LogP contribution in [0.5, 0.6) is 0 Å². The molecule has 0 spiro atoms. The highest BCUT2D eigenvalue weighted by Crippen LogP contribution is 2.32. The molecule has 0 saturated carbocycles. The lowest BCUT2D eigenvalue weighted by molar-refractivity contribution is -0.115. The summed E-state index contributed by atoms with van der Waals surface area (Å²) in [6.07, 6.45) is 0.444. The average Bonchev–Trinajstić information content (AvgIpc) is 3.18. The maximum Gasteiger partial charge on any atom is 0.224 e. The van der Waals surface area contributed by atoms with Crippen molar-refractivity contribution in [1.82, 2.24) is 20.2 Å². The van der Waals surface area contributed by atoms with Gasteiger partial charge in [-0.3, -0.25) is 9.89 Å². The predicted octanol–water partition coefficient (Wildman–Crippen LogP) is 4.57. The Labute approximate surface area is 197 Å². The maximum absolute atomic E-state index is 11.6. The van der Waals surface area contributed by atoms with Crippen molar-refractivity contribution in [3.8, 4) is 0 Å². The monoisotopic (exact) mass is 467 g/mol. The number of carbonyl (C=O) groups excluding carboxylic acids is 1. The van der Waals surface area contributed by atoms with Crippen molar-refractivity contribution in [3.63, 3.8) is 0 Å². The molecule has 4 rings (SSSR count). The Morgan fingerprint density at radius 2 is 2.00 bits per heavy atom. The van der Waals surface area contributed by atoms with Gasteiger partial charge in [0.2, 0.25) is 5.91 Å². The van der Waals surface area contributed by atoms with E-state index in [1.807, 2.05) is 50.2 Å². The molecule has 0 radical (unpaired) electrons. The fraction of sp³-hybridized carbons (Fsp3) is 0.391. The number of aromatic amines is 1. The summed E-state index contributed by atoms with van der Waals surface area (Å²) in [6.45, 7) is 10.2. The van der Waals surface area contributed by atoms with Gasteiger partial charge in [-0.1, -0.05) is 20.8 Å². The van der Waals surface area contributed by atoms with Gasteiger partial charge in [-0.25, -0.2) is 9.97 Å². The van der Waals surface area contributed by atoms with Crippen molar-refractivity contribution in [2.24, 2.45) is 5.41 Å². The summed E-state index contributed by atoms with van der Waals surface area (Å²) in [5.41, 5.74) is 1.76. The minimum absolute atomic E-state index is 0.0116. The number of hydrogen-bond donors (Lipinski definition) is 3.